The molecule has 0 radical (unpaired) electrons. The Morgan fingerprint density at radius 1 is 1.36 bits per heavy atom. The van der Waals surface area contributed by atoms with E-state index in [0.29, 0.717) is 13.1 Å². The number of thiophene rings is 1. The van der Waals surface area contributed by atoms with Crippen molar-refractivity contribution in [2.45, 2.75) is 18.8 Å². The van der Waals surface area contributed by atoms with Gasteiger partial charge in [-0.25, -0.2) is 0 Å². The maximum absolute atomic E-state index is 9.34. The molecule has 1 saturated heterocycles. The molecule has 0 amide bonds. The molecule has 14 heavy (non-hydrogen) atoms. The van der Waals surface area contributed by atoms with Crippen molar-refractivity contribution < 1.29 is 10.2 Å². The lowest BCUT2D eigenvalue weighted by Gasteiger charge is -2.12. The highest BCUT2D eigenvalue weighted by Crippen LogP contribution is 2.24. The van der Waals surface area contributed by atoms with Crippen LogP contribution < -0.4 is 0 Å². The number of halogens is 1. The van der Waals surface area contributed by atoms with Gasteiger partial charge in [0.15, 0.2) is 0 Å². The summed E-state index contributed by atoms with van der Waals surface area (Å²) >= 11 is 7.34. The maximum atomic E-state index is 9.34. The third kappa shape index (κ3) is 2.27. The van der Waals surface area contributed by atoms with Gasteiger partial charge in [-0.2, -0.15) is 0 Å². The van der Waals surface area contributed by atoms with Gasteiger partial charge in [-0.15, -0.1) is 11.3 Å². The van der Waals surface area contributed by atoms with Crippen molar-refractivity contribution in [2.75, 3.05) is 13.1 Å². The molecule has 78 valence electrons. The van der Waals surface area contributed by atoms with Gasteiger partial charge in [-0.3, -0.25) is 4.90 Å². The Balaban J connectivity index is 1.93. The second kappa shape index (κ2) is 4.16. The van der Waals surface area contributed by atoms with Crippen LogP contribution in [0.15, 0.2) is 12.1 Å². The van der Waals surface area contributed by atoms with Crippen LogP contribution in [-0.2, 0) is 6.54 Å². The first-order chi connectivity index (χ1) is 6.65. The molecule has 1 aliphatic rings. The molecular formula is C9H12ClNO2S. The van der Waals surface area contributed by atoms with Crippen molar-refractivity contribution in [3.63, 3.8) is 0 Å². The van der Waals surface area contributed by atoms with Crippen molar-refractivity contribution in [3.8, 4) is 0 Å². The van der Waals surface area contributed by atoms with Gasteiger partial charge in [0.25, 0.3) is 0 Å². The number of aliphatic hydroxyl groups excluding tert-OH is 2. The van der Waals surface area contributed by atoms with Crippen LogP contribution in [0.5, 0.6) is 0 Å². The Labute approximate surface area is 91.5 Å². The molecule has 2 heterocycles. The minimum Gasteiger partial charge on any atom is -0.389 e. The largest absolute Gasteiger partial charge is 0.389 e. The van der Waals surface area contributed by atoms with Crippen LogP contribution in [0, 0.1) is 0 Å². The minimum absolute atomic E-state index is 0.538. The maximum Gasteiger partial charge on any atom is 0.0938 e. The number of aliphatic hydroxyl groups is 2. The first kappa shape index (κ1) is 10.4. The topological polar surface area (TPSA) is 43.7 Å². The van der Waals surface area contributed by atoms with E-state index in [9.17, 15) is 10.2 Å². The van der Waals surface area contributed by atoms with Gasteiger partial charge < -0.3 is 10.2 Å². The second-order valence-electron chi connectivity index (χ2n) is 3.53. The lowest BCUT2D eigenvalue weighted by atomic mass is 10.3. The number of β-amino-alcohol motifs (C(OH)–C–C–N with tert-alkyl or cyclic N) is 2. The quantitative estimate of drug-likeness (QED) is 0.799. The normalized spacial score (nSPS) is 28.5. The minimum atomic E-state index is -0.606. The fourth-order valence-corrected chi connectivity index (χ4v) is 2.76. The van der Waals surface area contributed by atoms with Gasteiger partial charge in [0.1, 0.15) is 0 Å². The SMILES string of the molecule is O[C@@H]1CN(Cc2ccc(Cl)s2)C[C@@H]1O. The number of likely N-dealkylation sites (tertiary alicyclic amines) is 1. The Kier molecular flexibility index (Phi) is 3.09. The predicted molar refractivity (Wildman–Crippen MR) is 56.6 cm³/mol. The first-order valence-electron chi connectivity index (χ1n) is 4.48. The van der Waals surface area contributed by atoms with Crippen LogP contribution in [0.1, 0.15) is 4.88 Å². The van der Waals surface area contributed by atoms with E-state index in [4.69, 9.17) is 11.6 Å². The zero-order valence-electron chi connectivity index (χ0n) is 7.56. The Morgan fingerprint density at radius 2 is 2.00 bits per heavy atom. The van der Waals surface area contributed by atoms with Gasteiger partial charge >= 0.3 is 0 Å². The molecule has 2 N–H and O–H groups in total. The van der Waals surface area contributed by atoms with Crippen LogP contribution in [0.3, 0.4) is 0 Å². The van der Waals surface area contributed by atoms with Crippen LogP contribution in [0.4, 0.5) is 0 Å². The fourth-order valence-electron chi connectivity index (χ4n) is 1.63. The second-order valence-corrected chi connectivity index (χ2v) is 5.33. The van der Waals surface area contributed by atoms with Gasteiger partial charge in [0.05, 0.1) is 16.5 Å². The van der Waals surface area contributed by atoms with Gasteiger partial charge in [0, 0.05) is 24.5 Å². The van der Waals surface area contributed by atoms with E-state index >= 15 is 0 Å². The van der Waals surface area contributed by atoms with Crippen molar-refractivity contribution in [1.29, 1.82) is 0 Å². The molecule has 1 aromatic rings. The van der Waals surface area contributed by atoms with E-state index in [2.05, 4.69) is 0 Å². The third-order valence-corrected chi connectivity index (χ3v) is 3.56. The molecule has 1 fully saturated rings. The summed E-state index contributed by atoms with van der Waals surface area (Å²) in [5, 5.41) is 18.7. The molecule has 0 saturated carbocycles. The summed E-state index contributed by atoms with van der Waals surface area (Å²) in [6, 6.07) is 3.84. The average molecular weight is 234 g/mol. The van der Waals surface area contributed by atoms with Gasteiger partial charge in [0.2, 0.25) is 0 Å². The molecular weight excluding hydrogens is 222 g/mol. The van der Waals surface area contributed by atoms with Crippen LogP contribution in [-0.4, -0.2) is 40.4 Å². The Morgan fingerprint density at radius 3 is 2.50 bits per heavy atom. The van der Waals surface area contributed by atoms with Crippen molar-refractivity contribution in [3.05, 3.63) is 21.3 Å². The molecule has 2 atom stereocenters. The standard InChI is InChI=1S/C9H12ClNO2S/c10-9-2-1-6(14-9)3-11-4-7(12)8(13)5-11/h1-2,7-8,12-13H,3-5H2/t7-,8+. The molecule has 0 aromatic carbocycles. The zero-order valence-corrected chi connectivity index (χ0v) is 9.13. The van der Waals surface area contributed by atoms with Crippen molar-refractivity contribution in [1.82, 2.24) is 4.90 Å². The van der Waals surface area contributed by atoms with Gasteiger partial charge in [-0.1, -0.05) is 11.6 Å². The molecule has 3 nitrogen and oxygen atoms in total. The van der Waals surface area contributed by atoms with Crippen molar-refractivity contribution >= 4 is 22.9 Å². The first-order valence-corrected chi connectivity index (χ1v) is 5.67. The number of hydrogen-bond donors (Lipinski definition) is 2. The number of rotatable bonds is 2. The molecule has 1 aliphatic heterocycles. The van der Waals surface area contributed by atoms with Crippen LogP contribution in [0.25, 0.3) is 0 Å². The summed E-state index contributed by atoms with van der Waals surface area (Å²) in [4.78, 5) is 3.19. The number of nitrogens with zero attached hydrogens (tertiary/aromatic N) is 1. The average Bonchev–Trinajstić information content (AvgIpc) is 2.62. The van der Waals surface area contributed by atoms with Crippen LogP contribution in [0.2, 0.25) is 4.34 Å². The lowest BCUT2D eigenvalue weighted by Crippen LogP contribution is -2.22. The summed E-state index contributed by atoms with van der Waals surface area (Å²) < 4.78 is 0.778. The highest BCUT2D eigenvalue weighted by Gasteiger charge is 2.29. The van der Waals surface area contributed by atoms with Crippen molar-refractivity contribution in [2.24, 2.45) is 0 Å². The van der Waals surface area contributed by atoms with Gasteiger partial charge in [-0.05, 0) is 12.1 Å². The van der Waals surface area contributed by atoms with E-state index in [0.717, 1.165) is 15.8 Å². The molecule has 0 spiro atoms. The Hall–Kier alpha value is -0.130. The summed E-state index contributed by atoms with van der Waals surface area (Å²) in [6.45, 7) is 1.83. The molecule has 5 heteroatoms. The molecule has 2 rings (SSSR count). The van der Waals surface area contributed by atoms with E-state index in [1.807, 2.05) is 17.0 Å². The highest BCUT2D eigenvalue weighted by atomic mass is 35.5. The van der Waals surface area contributed by atoms with Crippen LogP contribution >= 0.6 is 22.9 Å². The molecule has 0 aliphatic carbocycles. The summed E-state index contributed by atoms with van der Waals surface area (Å²) in [6.07, 6.45) is -1.21. The fraction of sp³-hybridized carbons (Fsp3) is 0.556. The molecule has 0 bridgehead atoms. The van der Waals surface area contributed by atoms with E-state index in [1.165, 1.54) is 11.3 Å². The molecule has 0 unspecified atom stereocenters. The molecule has 1 aromatic heterocycles. The van der Waals surface area contributed by atoms with E-state index in [-0.39, 0.29) is 0 Å². The van der Waals surface area contributed by atoms with E-state index < -0.39 is 12.2 Å². The third-order valence-electron chi connectivity index (χ3n) is 2.34. The Bertz CT molecular complexity index is 308. The summed E-state index contributed by atoms with van der Waals surface area (Å²) in [5.41, 5.74) is 0. The zero-order chi connectivity index (χ0) is 10.1. The monoisotopic (exact) mass is 233 g/mol. The predicted octanol–water partition coefficient (Wildman–Crippen LogP) is 0.939. The smallest absolute Gasteiger partial charge is 0.0938 e. The number of hydrogen-bond acceptors (Lipinski definition) is 4. The summed E-state index contributed by atoms with van der Waals surface area (Å²) in [7, 11) is 0. The summed E-state index contributed by atoms with van der Waals surface area (Å²) in [5.74, 6) is 0. The van der Waals surface area contributed by atoms with E-state index in [1.54, 1.807) is 0 Å². The highest BCUT2D eigenvalue weighted by molar-refractivity contribution is 7.16. The lowest BCUT2D eigenvalue weighted by molar-refractivity contribution is 0.0572.